The van der Waals surface area contributed by atoms with Crippen LogP contribution in [-0.2, 0) is 57.1 Å². The molecule has 0 saturated carbocycles. The van der Waals surface area contributed by atoms with E-state index in [9.17, 15) is 14.0 Å². The van der Waals surface area contributed by atoms with Crippen molar-refractivity contribution < 1.29 is 47.5 Å². The van der Waals surface area contributed by atoms with Gasteiger partial charge in [-0.05, 0) is 189 Å². The quantitative estimate of drug-likeness (QED) is 0.0780. The third-order valence-corrected chi connectivity index (χ3v) is 26.2. The highest BCUT2D eigenvalue weighted by Crippen LogP contribution is 2.45. The monoisotopic (exact) mass is 1990 g/mol. The van der Waals surface area contributed by atoms with Crippen molar-refractivity contribution >= 4 is 45.7 Å². The molecule has 0 spiro atoms. The van der Waals surface area contributed by atoms with Gasteiger partial charge in [-0.15, -0.1) is 0 Å². The number of halogens is 2. The van der Waals surface area contributed by atoms with E-state index in [1.165, 1.54) is 67.8 Å². The van der Waals surface area contributed by atoms with Gasteiger partial charge in [0.2, 0.25) is 0 Å². The lowest BCUT2D eigenvalue weighted by Gasteiger charge is -2.22. The maximum Gasteiger partial charge on any atom is 0.253 e. The van der Waals surface area contributed by atoms with E-state index >= 15 is 0 Å². The first-order valence-electron chi connectivity index (χ1n) is 50.5. The second-order valence-electron chi connectivity index (χ2n) is 37.6. The third-order valence-electron chi connectivity index (χ3n) is 26.2. The lowest BCUT2D eigenvalue weighted by Crippen LogP contribution is -2.24. The van der Waals surface area contributed by atoms with Crippen LogP contribution in [0, 0.1) is 23.0 Å². The van der Waals surface area contributed by atoms with Crippen molar-refractivity contribution in [3.63, 3.8) is 0 Å². The van der Waals surface area contributed by atoms with E-state index in [4.69, 9.17) is 38.7 Å². The molecule has 8 aliphatic heterocycles. The van der Waals surface area contributed by atoms with Crippen LogP contribution in [0.3, 0.4) is 0 Å². The summed E-state index contributed by atoms with van der Waals surface area (Å²) in [5.41, 5.74) is 32.9. The standard InChI is InChI=1S/C17H16FNO.C17H14N2O.C17H17NO.C16H14FNO.C16H15NO.3C15H14N2O/c1-12-10-16(20-19-12)17-14(8-5-9-15(17)18)11-13-6-3-2-4-7-13;1-13-11-17(12-18,20-19-13)16-10-6-5-9-15(16)14-7-3-2-4-8-14;1-13-11-17(19-18-13)16-10-6-5-9-15(16)12-14-7-3-2-4-8-14;1-11-10-15(19-18-11)16-13(8-5-9-14(16)17)12-6-3-2-4-7-12;1-12-11-16(18-17-12)15-10-6-5-9-14(15)13-7-3-2-4-8-13;1-11-9-15(18-17-11)14-7-3-2-6-13(14)12-5-4-8-16-10-12;1-11-10-15(18-17-11)13-7-3-2-6-12(13)14-8-4-5-9-16-14;1-11-10-15(18-17-11)14-5-3-2-4-13(14)12-6-8-16-9-7-12/h2-9,16H,10-11H2,1H3;2-10H,11H2,1H3;2-10,17H,11-12H2,1H3;2-9,15H,10H2,1H3;2-10,16H,11H2,1H3;2-8,10,15H,9H2,1H3;2*2-9,15H,10H2,1H3/t16-;;17-;15-;16-;3*15-/m1.111111/s1. The van der Waals surface area contributed by atoms with Gasteiger partial charge in [0.05, 0.1) is 51.4 Å². The Hall–Kier alpha value is -17.6. The normalized spacial score (nSPS) is 18.5. The molecule has 8 atom stereocenters. The first kappa shape index (κ1) is 104. The number of oxime groups is 8. The molecule has 22 heteroatoms. The van der Waals surface area contributed by atoms with Crippen LogP contribution >= 0.6 is 0 Å². The molecule has 0 amide bonds. The van der Waals surface area contributed by atoms with Gasteiger partial charge in [0.15, 0.2) is 42.7 Å². The van der Waals surface area contributed by atoms with Crippen LogP contribution in [0.15, 0.2) is 448 Å². The van der Waals surface area contributed by atoms with Crippen LogP contribution in [-0.4, -0.2) is 60.6 Å². The number of aromatic nitrogens is 3. The summed E-state index contributed by atoms with van der Waals surface area (Å²) in [5, 5.41) is 41.6. The molecule has 0 radical (unpaired) electrons. The molecule has 150 heavy (non-hydrogen) atoms. The summed E-state index contributed by atoms with van der Waals surface area (Å²) in [6.45, 7) is 15.7. The minimum absolute atomic E-state index is 0.0169. The van der Waals surface area contributed by atoms with Gasteiger partial charge in [-0.1, -0.05) is 375 Å². The highest BCUT2D eigenvalue weighted by atomic mass is 19.1. The minimum atomic E-state index is -1.00. The molecule has 11 heterocycles. The first-order valence-corrected chi connectivity index (χ1v) is 50.5. The van der Waals surface area contributed by atoms with Crippen LogP contribution in [0.2, 0.25) is 0 Å². The Kier molecular flexibility index (Phi) is 35.6. The number of hydrogen-bond acceptors (Lipinski definition) is 20. The van der Waals surface area contributed by atoms with Gasteiger partial charge in [-0.2, -0.15) is 5.26 Å². The number of pyridine rings is 3. The van der Waals surface area contributed by atoms with E-state index in [1.807, 2.05) is 293 Å². The molecule has 16 aromatic rings. The zero-order chi connectivity index (χ0) is 104. The van der Waals surface area contributed by atoms with Gasteiger partial charge >= 0.3 is 0 Å². The van der Waals surface area contributed by atoms with Crippen LogP contribution in [0.25, 0.3) is 66.9 Å². The number of rotatable bonds is 18. The topological polar surface area (TPSA) is 235 Å². The highest BCUT2D eigenvalue weighted by Gasteiger charge is 2.42. The molecule has 0 N–H and O–H groups in total. The molecule has 1 unspecified atom stereocenters. The van der Waals surface area contributed by atoms with E-state index in [-0.39, 0.29) is 54.4 Å². The van der Waals surface area contributed by atoms with Gasteiger partial charge in [0, 0.05) is 132 Å². The molecule has 20 nitrogen and oxygen atoms in total. The van der Waals surface area contributed by atoms with Gasteiger partial charge in [0.25, 0.3) is 5.60 Å². The summed E-state index contributed by atoms with van der Waals surface area (Å²) in [5.74, 6) is -0.454. The molecular formula is C128H118F2N12O8. The SMILES string of the molecule is CC1=NOC(C#N)(c2ccccc2-c2ccccc2)C1.CC1=NO[C@@H](c2c(F)cccc2-c2ccccc2)C1.CC1=NO[C@@H](c2c(F)cccc2Cc2ccccc2)C1.CC1=NO[C@@H](c2ccccc2-c2ccccc2)C1.CC1=NO[C@@H](c2ccccc2-c2ccccn2)C1.CC1=NO[C@@H](c2ccccc2-c2cccnc2)C1.CC1=NO[C@@H](c2ccccc2-c2ccncc2)C1.CC1=NO[C@@H](c2ccccc2Cc2ccccc2)C1. The average Bonchev–Trinajstić information content (AvgIpc) is 1.58. The van der Waals surface area contributed by atoms with E-state index in [0.29, 0.717) is 36.8 Å². The predicted molar refractivity (Wildman–Crippen MR) is 593 cm³/mol. The smallest absolute Gasteiger partial charge is 0.253 e. The van der Waals surface area contributed by atoms with Crippen molar-refractivity contribution in [3.05, 3.63) is 485 Å². The van der Waals surface area contributed by atoms with Crippen LogP contribution in [0.1, 0.15) is 216 Å². The molecule has 0 saturated heterocycles. The molecule has 0 aliphatic carbocycles. The molecule has 752 valence electrons. The summed E-state index contributed by atoms with van der Waals surface area (Å²) in [4.78, 5) is 56.3. The molecule has 13 aromatic carbocycles. The number of benzene rings is 13. The number of nitriles is 1. The van der Waals surface area contributed by atoms with E-state index in [2.05, 4.69) is 202 Å². The van der Waals surface area contributed by atoms with Crippen molar-refractivity contribution in [2.45, 2.75) is 168 Å². The van der Waals surface area contributed by atoms with E-state index in [0.717, 1.165) is 151 Å². The Labute approximate surface area is 875 Å². The lowest BCUT2D eigenvalue weighted by atomic mass is 9.85. The van der Waals surface area contributed by atoms with Crippen molar-refractivity contribution in [1.29, 1.82) is 5.26 Å². The van der Waals surface area contributed by atoms with Gasteiger partial charge in [0.1, 0.15) is 17.7 Å². The average molecular weight is 1990 g/mol. The van der Waals surface area contributed by atoms with Crippen molar-refractivity contribution in [2.24, 2.45) is 41.2 Å². The number of nitrogens with zero attached hydrogens (tertiary/aromatic N) is 12. The summed E-state index contributed by atoms with van der Waals surface area (Å²) in [6.07, 6.45) is 16.5. The van der Waals surface area contributed by atoms with Crippen molar-refractivity contribution in [3.8, 4) is 73.0 Å². The van der Waals surface area contributed by atoms with Gasteiger partial charge in [-0.25, -0.2) is 8.78 Å². The highest BCUT2D eigenvalue weighted by molar-refractivity contribution is 5.89. The fraction of sp³-hybridized carbons (Fsp3) is 0.203. The zero-order valence-corrected chi connectivity index (χ0v) is 85.2. The Morgan fingerprint density at radius 2 is 0.600 bits per heavy atom. The van der Waals surface area contributed by atoms with Crippen LogP contribution in [0.5, 0.6) is 0 Å². The summed E-state index contributed by atoms with van der Waals surface area (Å²) in [7, 11) is 0. The second kappa shape index (κ2) is 51.5. The zero-order valence-electron chi connectivity index (χ0n) is 85.2. The molecule has 0 fully saturated rings. The van der Waals surface area contributed by atoms with Crippen molar-refractivity contribution in [1.82, 2.24) is 15.0 Å². The maximum absolute atomic E-state index is 14.2. The Morgan fingerprint density at radius 3 is 1.03 bits per heavy atom. The molecule has 24 rings (SSSR count). The molecule has 3 aromatic heterocycles. The number of hydrogen-bond donors (Lipinski definition) is 0. The first-order chi connectivity index (χ1) is 73.4. The second-order valence-corrected chi connectivity index (χ2v) is 37.6. The van der Waals surface area contributed by atoms with E-state index in [1.54, 1.807) is 18.3 Å². The van der Waals surface area contributed by atoms with Gasteiger partial charge in [-0.3, -0.25) is 15.0 Å². The maximum atomic E-state index is 14.2. The third kappa shape index (κ3) is 27.2. The van der Waals surface area contributed by atoms with E-state index < -0.39 is 5.60 Å². The fourth-order valence-corrected chi connectivity index (χ4v) is 19.0. The Morgan fingerprint density at radius 1 is 0.267 bits per heavy atom. The largest absolute Gasteiger partial charge is 0.387 e. The summed E-state index contributed by atoms with van der Waals surface area (Å²) < 4.78 is 28.4. The molecule has 0 bridgehead atoms. The molecular weight excluding hydrogens is 1870 g/mol. The predicted octanol–water partition coefficient (Wildman–Crippen LogP) is 31.5. The Balaban J connectivity index is 0.000000117. The van der Waals surface area contributed by atoms with Gasteiger partial charge < -0.3 is 38.7 Å². The van der Waals surface area contributed by atoms with Crippen LogP contribution in [0.4, 0.5) is 8.78 Å². The minimum Gasteiger partial charge on any atom is -0.387 e. The summed E-state index contributed by atoms with van der Waals surface area (Å²) in [6, 6.07) is 127. The van der Waals surface area contributed by atoms with Crippen molar-refractivity contribution in [2.75, 3.05) is 0 Å². The van der Waals surface area contributed by atoms with Crippen LogP contribution < -0.4 is 0 Å². The summed E-state index contributed by atoms with van der Waals surface area (Å²) >= 11 is 0. The Bertz CT molecular complexity index is 7100. The molecule has 8 aliphatic rings. The fourth-order valence-electron chi connectivity index (χ4n) is 19.0. The lowest BCUT2D eigenvalue weighted by molar-refractivity contribution is 0.0247.